The van der Waals surface area contributed by atoms with E-state index in [2.05, 4.69) is 9.97 Å². The average molecular weight is 234 g/mol. The number of rotatable bonds is 2. The van der Waals surface area contributed by atoms with Crippen LogP contribution >= 0.6 is 0 Å². The van der Waals surface area contributed by atoms with E-state index in [-0.39, 0.29) is 17.3 Å². The lowest BCUT2D eigenvalue weighted by Gasteiger charge is -2.26. The summed E-state index contributed by atoms with van der Waals surface area (Å²) in [5, 5.41) is 0. The maximum Gasteiger partial charge on any atom is 0.188 e. The molecule has 1 fully saturated rings. The second-order valence-corrected chi connectivity index (χ2v) is 5.68. The van der Waals surface area contributed by atoms with Gasteiger partial charge in [0, 0.05) is 12.4 Å². The molecule has 0 saturated carbocycles. The van der Waals surface area contributed by atoms with Crippen LogP contribution in [0.15, 0.2) is 18.6 Å². The molecule has 4 heteroatoms. The molecule has 0 aromatic carbocycles. The fourth-order valence-corrected chi connectivity index (χ4v) is 2.58. The first-order chi connectivity index (χ1) is 7.82. The van der Waals surface area contributed by atoms with Gasteiger partial charge in [-0.3, -0.25) is 9.78 Å². The first-order valence-electron chi connectivity index (χ1n) is 5.82. The van der Waals surface area contributed by atoms with Crippen LogP contribution in [-0.2, 0) is 4.74 Å². The smallest absolute Gasteiger partial charge is 0.188 e. The summed E-state index contributed by atoms with van der Waals surface area (Å²) in [5.74, 6) is -0.136. The van der Waals surface area contributed by atoms with Gasteiger partial charge in [0.15, 0.2) is 5.78 Å². The highest BCUT2D eigenvalue weighted by molar-refractivity contribution is 5.96. The van der Waals surface area contributed by atoms with Gasteiger partial charge in [-0.15, -0.1) is 0 Å². The molecule has 92 valence electrons. The number of hydrogen-bond acceptors (Lipinski definition) is 4. The Balaban J connectivity index is 2.27. The van der Waals surface area contributed by atoms with Crippen LogP contribution < -0.4 is 0 Å². The molecule has 4 nitrogen and oxygen atoms in total. The average Bonchev–Trinajstić information content (AvgIpc) is 2.47. The van der Waals surface area contributed by atoms with Gasteiger partial charge in [-0.05, 0) is 34.1 Å². The summed E-state index contributed by atoms with van der Waals surface area (Å²) in [6.45, 7) is 7.94. The monoisotopic (exact) mass is 234 g/mol. The Bertz CT molecular complexity index is 426. The van der Waals surface area contributed by atoms with Gasteiger partial charge in [0.2, 0.25) is 0 Å². The number of ether oxygens (including phenoxy) is 1. The van der Waals surface area contributed by atoms with Gasteiger partial charge in [0.05, 0.1) is 23.3 Å². The van der Waals surface area contributed by atoms with Crippen molar-refractivity contribution < 1.29 is 9.53 Å². The standard InChI is InChI=1S/C13H18N2O2/c1-12(2)7-9(13(3,4)17-12)11(16)10-8-14-5-6-15-10/h5-6,8-9H,7H2,1-4H3. The molecule has 2 heterocycles. The lowest BCUT2D eigenvalue weighted by Crippen LogP contribution is -2.34. The maximum absolute atomic E-state index is 12.4. The molecule has 0 bridgehead atoms. The zero-order valence-corrected chi connectivity index (χ0v) is 10.7. The summed E-state index contributed by atoms with van der Waals surface area (Å²) in [6.07, 6.45) is 5.34. The number of aromatic nitrogens is 2. The predicted molar refractivity (Wildman–Crippen MR) is 63.7 cm³/mol. The van der Waals surface area contributed by atoms with E-state index in [9.17, 15) is 4.79 Å². The van der Waals surface area contributed by atoms with Crippen LogP contribution in [0.2, 0.25) is 0 Å². The van der Waals surface area contributed by atoms with Crippen molar-refractivity contribution in [2.24, 2.45) is 5.92 Å². The first kappa shape index (κ1) is 12.2. The normalized spacial score (nSPS) is 25.8. The summed E-state index contributed by atoms with van der Waals surface area (Å²) in [6, 6.07) is 0. The number of ketones is 1. The highest BCUT2D eigenvalue weighted by Crippen LogP contribution is 2.43. The lowest BCUT2D eigenvalue weighted by molar-refractivity contribution is -0.0712. The quantitative estimate of drug-likeness (QED) is 0.736. The van der Waals surface area contributed by atoms with E-state index in [1.54, 1.807) is 12.4 Å². The summed E-state index contributed by atoms with van der Waals surface area (Å²) in [5.41, 5.74) is -0.281. The summed E-state index contributed by atoms with van der Waals surface area (Å²) in [4.78, 5) is 20.4. The van der Waals surface area contributed by atoms with Crippen molar-refractivity contribution >= 4 is 5.78 Å². The molecule has 17 heavy (non-hydrogen) atoms. The molecule has 1 atom stereocenters. The zero-order valence-electron chi connectivity index (χ0n) is 10.7. The Hall–Kier alpha value is -1.29. The third-order valence-corrected chi connectivity index (χ3v) is 3.21. The van der Waals surface area contributed by atoms with E-state index in [0.29, 0.717) is 5.69 Å². The van der Waals surface area contributed by atoms with Crippen LogP contribution in [0.3, 0.4) is 0 Å². The van der Waals surface area contributed by atoms with Gasteiger partial charge in [0.25, 0.3) is 0 Å². The van der Waals surface area contributed by atoms with Crippen molar-refractivity contribution in [3.8, 4) is 0 Å². The molecule has 0 amide bonds. The summed E-state index contributed by atoms with van der Waals surface area (Å²) in [7, 11) is 0. The van der Waals surface area contributed by atoms with Crippen molar-refractivity contribution in [2.75, 3.05) is 0 Å². The molecule has 1 saturated heterocycles. The van der Waals surface area contributed by atoms with Gasteiger partial charge in [-0.25, -0.2) is 4.98 Å². The van der Waals surface area contributed by atoms with Crippen molar-refractivity contribution in [1.82, 2.24) is 9.97 Å². The Morgan fingerprint density at radius 3 is 2.53 bits per heavy atom. The molecule has 0 radical (unpaired) electrons. The molecular weight excluding hydrogens is 216 g/mol. The van der Waals surface area contributed by atoms with Crippen molar-refractivity contribution in [2.45, 2.75) is 45.3 Å². The van der Waals surface area contributed by atoms with Crippen LogP contribution in [-0.4, -0.2) is 27.0 Å². The Morgan fingerprint density at radius 1 is 1.35 bits per heavy atom. The second-order valence-electron chi connectivity index (χ2n) is 5.68. The number of carbonyl (C=O) groups excluding carboxylic acids is 1. The third-order valence-electron chi connectivity index (χ3n) is 3.21. The van der Waals surface area contributed by atoms with E-state index in [1.165, 1.54) is 6.20 Å². The predicted octanol–water partition coefficient (Wildman–Crippen LogP) is 2.25. The van der Waals surface area contributed by atoms with Crippen LogP contribution in [0.4, 0.5) is 0 Å². The minimum atomic E-state index is -0.446. The Morgan fingerprint density at radius 2 is 2.06 bits per heavy atom. The van der Waals surface area contributed by atoms with Crippen molar-refractivity contribution in [3.63, 3.8) is 0 Å². The van der Waals surface area contributed by atoms with Crippen LogP contribution in [0.5, 0.6) is 0 Å². The van der Waals surface area contributed by atoms with Crippen LogP contribution in [0.1, 0.15) is 44.6 Å². The minimum Gasteiger partial charge on any atom is -0.369 e. The van der Waals surface area contributed by atoms with E-state index in [0.717, 1.165) is 6.42 Å². The van der Waals surface area contributed by atoms with E-state index in [4.69, 9.17) is 4.74 Å². The molecule has 1 unspecified atom stereocenters. The maximum atomic E-state index is 12.4. The van der Waals surface area contributed by atoms with Crippen LogP contribution in [0.25, 0.3) is 0 Å². The largest absolute Gasteiger partial charge is 0.369 e. The number of carbonyl (C=O) groups is 1. The van der Waals surface area contributed by atoms with Gasteiger partial charge >= 0.3 is 0 Å². The lowest BCUT2D eigenvalue weighted by atomic mass is 9.83. The first-order valence-corrected chi connectivity index (χ1v) is 5.82. The molecule has 1 aliphatic heterocycles. The van der Waals surface area contributed by atoms with Gasteiger partial charge < -0.3 is 4.74 Å². The van der Waals surface area contributed by atoms with Crippen LogP contribution in [0, 0.1) is 5.92 Å². The topological polar surface area (TPSA) is 52.1 Å². The molecule has 0 N–H and O–H groups in total. The van der Waals surface area contributed by atoms with Gasteiger partial charge in [-0.1, -0.05) is 0 Å². The van der Waals surface area contributed by atoms with Crippen molar-refractivity contribution in [1.29, 1.82) is 0 Å². The third kappa shape index (κ3) is 2.36. The molecule has 1 aromatic heterocycles. The molecule has 1 aliphatic rings. The minimum absolute atomic E-state index is 0.0219. The van der Waals surface area contributed by atoms with E-state index >= 15 is 0 Å². The fourth-order valence-electron chi connectivity index (χ4n) is 2.58. The van der Waals surface area contributed by atoms with E-state index < -0.39 is 5.60 Å². The molecule has 0 spiro atoms. The number of hydrogen-bond donors (Lipinski definition) is 0. The molecule has 1 aromatic rings. The number of Topliss-reactive ketones (excluding diaryl/α,β-unsaturated/α-hetero) is 1. The molecular formula is C13H18N2O2. The molecule has 2 rings (SSSR count). The van der Waals surface area contributed by atoms with E-state index in [1.807, 2.05) is 27.7 Å². The van der Waals surface area contributed by atoms with Gasteiger partial charge in [0.1, 0.15) is 5.69 Å². The highest BCUT2D eigenvalue weighted by Gasteiger charge is 2.49. The Labute approximate surface area is 101 Å². The zero-order chi connectivity index (χ0) is 12.7. The SMILES string of the molecule is CC1(C)CC(C(=O)c2cnccn2)C(C)(C)O1. The van der Waals surface area contributed by atoms with Gasteiger partial charge in [-0.2, -0.15) is 0 Å². The molecule has 0 aliphatic carbocycles. The fraction of sp³-hybridized carbons (Fsp3) is 0.615. The number of nitrogens with zero attached hydrogens (tertiary/aromatic N) is 2. The van der Waals surface area contributed by atoms with Crippen molar-refractivity contribution in [3.05, 3.63) is 24.3 Å². The summed E-state index contributed by atoms with van der Waals surface area (Å²) >= 11 is 0. The second kappa shape index (κ2) is 3.88. The highest BCUT2D eigenvalue weighted by atomic mass is 16.5. The Kier molecular flexibility index (Phi) is 2.78. The summed E-state index contributed by atoms with van der Waals surface area (Å²) < 4.78 is 5.92.